The first-order chi connectivity index (χ1) is 11.4. The first kappa shape index (κ1) is 17.8. The van der Waals surface area contributed by atoms with Gasteiger partial charge in [-0.15, -0.1) is 0 Å². The molecule has 0 fully saturated rings. The largest absolute Gasteiger partial charge is 0.497 e. The number of rotatable bonds is 7. The Morgan fingerprint density at radius 1 is 1.12 bits per heavy atom. The zero-order valence-corrected chi connectivity index (χ0v) is 14.4. The molecule has 1 N–H and O–H groups in total. The topological polar surface area (TPSA) is 75.7 Å². The van der Waals surface area contributed by atoms with E-state index >= 15 is 0 Å². The van der Waals surface area contributed by atoms with E-state index in [9.17, 15) is 13.2 Å². The molecule has 0 aliphatic heterocycles. The molecule has 0 saturated heterocycles. The number of hydrogen-bond donors (Lipinski definition) is 1. The average molecular weight is 348 g/mol. The minimum Gasteiger partial charge on any atom is -0.497 e. The van der Waals surface area contributed by atoms with Crippen LogP contribution in [0.2, 0.25) is 0 Å². The lowest BCUT2D eigenvalue weighted by Gasteiger charge is -2.19. The van der Waals surface area contributed by atoms with Crippen LogP contribution in [-0.4, -0.2) is 34.2 Å². The number of amides is 1. The van der Waals surface area contributed by atoms with Gasteiger partial charge >= 0.3 is 0 Å². The normalized spacial score (nSPS) is 10.9. The van der Waals surface area contributed by atoms with Crippen LogP contribution in [0.1, 0.15) is 6.42 Å². The molecule has 2 aromatic rings. The quantitative estimate of drug-likeness (QED) is 0.834. The predicted octanol–water partition coefficient (Wildman–Crippen LogP) is 2.49. The number of nitrogens with zero attached hydrogens (tertiary/aromatic N) is 1. The first-order valence-corrected chi connectivity index (χ1v) is 8.99. The van der Waals surface area contributed by atoms with Gasteiger partial charge in [0.2, 0.25) is 15.9 Å². The van der Waals surface area contributed by atoms with Crippen molar-refractivity contribution < 1.29 is 17.9 Å². The summed E-state index contributed by atoms with van der Waals surface area (Å²) in [5.74, 6) is -0.0219. The lowest BCUT2D eigenvalue weighted by Crippen LogP contribution is -2.30. The van der Waals surface area contributed by atoms with Crippen LogP contribution in [-0.2, 0) is 14.8 Å². The molecule has 0 unspecified atom stereocenters. The number of carbonyl (C=O) groups excluding carboxylic acids is 1. The van der Waals surface area contributed by atoms with Crippen LogP contribution in [0.5, 0.6) is 5.75 Å². The van der Waals surface area contributed by atoms with Gasteiger partial charge in [-0.2, -0.15) is 0 Å². The third-order valence-corrected chi connectivity index (χ3v) is 5.24. The monoisotopic (exact) mass is 348 g/mol. The molecule has 128 valence electrons. The van der Waals surface area contributed by atoms with E-state index in [2.05, 4.69) is 5.32 Å². The summed E-state index contributed by atoms with van der Waals surface area (Å²) in [7, 11) is -0.554. The van der Waals surface area contributed by atoms with Gasteiger partial charge in [0.1, 0.15) is 5.75 Å². The van der Waals surface area contributed by atoms with Gasteiger partial charge in [0, 0.05) is 25.2 Å². The van der Waals surface area contributed by atoms with E-state index in [1.54, 1.807) is 48.5 Å². The molecule has 2 rings (SSSR count). The van der Waals surface area contributed by atoms with Crippen LogP contribution >= 0.6 is 0 Å². The molecular formula is C17H20N2O4S. The second kappa shape index (κ2) is 7.83. The van der Waals surface area contributed by atoms with E-state index in [4.69, 9.17) is 4.74 Å². The zero-order valence-electron chi connectivity index (χ0n) is 13.6. The summed E-state index contributed by atoms with van der Waals surface area (Å²) < 4.78 is 30.9. The molecule has 0 aromatic heterocycles. The number of anilines is 2. The van der Waals surface area contributed by atoms with Crippen molar-refractivity contribution in [3.63, 3.8) is 0 Å². The van der Waals surface area contributed by atoms with Gasteiger partial charge in [-0.05, 0) is 24.3 Å². The Morgan fingerprint density at radius 3 is 2.50 bits per heavy atom. The van der Waals surface area contributed by atoms with Gasteiger partial charge < -0.3 is 10.1 Å². The summed E-state index contributed by atoms with van der Waals surface area (Å²) >= 11 is 0. The predicted molar refractivity (Wildman–Crippen MR) is 94.9 cm³/mol. The molecule has 6 nitrogen and oxygen atoms in total. The smallest absolute Gasteiger partial charge is 0.235 e. The van der Waals surface area contributed by atoms with E-state index in [1.165, 1.54) is 18.5 Å². The Labute approximate surface area is 142 Å². The maximum absolute atomic E-state index is 12.3. The van der Waals surface area contributed by atoms with Crippen LogP contribution in [0.15, 0.2) is 54.6 Å². The Balaban J connectivity index is 1.95. The number of benzene rings is 2. The van der Waals surface area contributed by atoms with Gasteiger partial charge in [0.05, 0.1) is 18.6 Å². The molecule has 7 heteroatoms. The second-order valence-corrected chi connectivity index (χ2v) is 7.27. The highest BCUT2D eigenvalue weighted by Crippen LogP contribution is 2.18. The minimum absolute atomic E-state index is 0.128. The molecule has 0 radical (unpaired) electrons. The number of carbonyl (C=O) groups is 1. The molecule has 0 saturated carbocycles. The molecular weight excluding hydrogens is 328 g/mol. The number of ether oxygens (including phenoxy) is 1. The van der Waals surface area contributed by atoms with Crippen LogP contribution in [0.25, 0.3) is 0 Å². The van der Waals surface area contributed by atoms with E-state index in [0.29, 0.717) is 17.1 Å². The van der Waals surface area contributed by atoms with Gasteiger partial charge in [0.25, 0.3) is 0 Å². The lowest BCUT2D eigenvalue weighted by molar-refractivity contribution is -0.115. The fourth-order valence-corrected chi connectivity index (χ4v) is 3.24. The Bertz CT molecular complexity index is 791. The number of para-hydroxylation sites is 1. The number of sulfonamides is 1. The number of nitrogens with one attached hydrogen (secondary N) is 1. The molecule has 2 aromatic carbocycles. The summed E-state index contributed by atoms with van der Waals surface area (Å²) in [4.78, 5) is 12.0. The second-order valence-electron chi connectivity index (χ2n) is 5.15. The van der Waals surface area contributed by atoms with E-state index in [-0.39, 0.29) is 18.1 Å². The summed E-state index contributed by atoms with van der Waals surface area (Å²) in [6.45, 7) is 0. The fraction of sp³-hybridized carbons (Fsp3) is 0.235. The molecule has 0 atom stereocenters. The van der Waals surface area contributed by atoms with Gasteiger partial charge in [-0.25, -0.2) is 8.42 Å². The molecule has 24 heavy (non-hydrogen) atoms. The highest BCUT2D eigenvalue weighted by Gasteiger charge is 2.19. The van der Waals surface area contributed by atoms with Crippen molar-refractivity contribution in [3.8, 4) is 5.75 Å². The van der Waals surface area contributed by atoms with Crippen molar-refractivity contribution in [2.45, 2.75) is 6.42 Å². The van der Waals surface area contributed by atoms with Crippen LogP contribution < -0.4 is 14.4 Å². The molecule has 1 amide bonds. The summed E-state index contributed by atoms with van der Waals surface area (Å²) in [5.41, 5.74) is 1.12. The minimum atomic E-state index is -3.57. The SMILES string of the molecule is COc1cccc(NC(=O)CCS(=O)(=O)N(C)c2ccccc2)c1. The maximum Gasteiger partial charge on any atom is 0.235 e. The fourth-order valence-electron chi connectivity index (χ4n) is 2.08. The lowest BCUT2D eigenvalue weighted by atomic mass is 10.3. The van der Waals surface area contributed by atoms with Crippen molar-refractivity contribution in [1.29, 1.82) is 0 Å². The molecule has 0 spiro atoms. The third kappa shape index (κ3) is 4.73. The van der Waals surface area contributed by atoms with E-state index in [0.717, 1.165) is 0 Å². The Kier molecular flexibility index (Phi) is 5.81. The van der Waals surface area contributed by atoms with E-state index < -0.39 is 10.0 Å². The standard InChI is InChI=1S/C17H20N2O4S/c1-19(15-8-4-3-5-9-15)24(21,22)12-11-17(20)18-14-7-6-10-16(13-14)23-2/h3-10,13H,11-12H2,1-2H3,(H,18,20). The molecule has 0 aliphatic rings. The van der Waals surface area contributed by atoms with E-state index in [1.807, 2.05) is 6.07 Å². The first-order valence-electron chi connectivity index (χ1n) is 7.38. The highest BCUT2D eigenvalue weighted by molar-refractivity contribution is 7.92. The Hall–Kier alpha value is -2.54. The van der Waals surface area contributed by atoms with Gasteiger partial charge in [-0.1, -0.05) is 24.3 Å². The van der Waals surface area contributed by atoms with Crippen LogP contribution in [0.3, 0.4) is 0 Å². The summed E-state index contributed by atoms with van der Waals surface area (Å²) in [5, 5.41) is 2.67. The maximum atomic E-state index is 12.3. The zero-order chi connectivity index (χ0) is 17.6. The highest BCUT2D eigenvalue weighted by atomic mass is 32.2. The summed E-state index contributed by atoms with van der Waals surface area (Å²) in [6.07, 6.45) is -0.128. The van der Waals surface area contributed by atoms with Crippen LogP contribution in [0.4, 0.5) is 11.4 Å². The van der Waals surface area contributed by atoms with Crippen molar-refractivity contribution in [2.75, 3.05) is 29.5 Å². The number of hydrogen-bond acceptors (Lipinski definition) is 4. The molecule has 0 aliphatic carbocycles. The van der Waals surface area contributed by atoms with Crippen molar-refractivity contribution in [3.05, 3.63) is 54.6 Å². The average Bonchev–Trinajstić information content (AvgIpc) is 2.60. The molecule has 0 heterocycles. The molecule has 0 bridgehead atoms. The van der Waals surface area contributed by atoms with Crippen LogP contribution in [0, 0.1) is 0 Å². The van der Waals surface area contributed by atoms with Gasteiger partial charge in [-0.3, -0.25) is 9.10 Å². The van der Waals surface area contributed by atoms with Gasteiger partial charge in [0.15, 0.2) is 0 Å². The third-order valence-electron chi connectivity index (χ3n) is 3.48. The van der Waals surface area contributed by atoms with Crippen molar-refractivity contribution in [2.24, 2.45) is 0 Å². The summed E-state index contributed by atoms with van der Waals surface area (Å²) in [6, 6.07) is 15.6. The Morgan fingerprint density at radius 2 is 1.83 bits per heavy atom. The number of methoxy groups -OCH3 is 1. The van der Waals surface area contributed by atoms with Crippen molar-refractivity contribution >= 4 is 27.3 Å². The van der Waals surface area contributed by atoms with Crippen molar-refractivity contribution in [1.82, 2.24) is 0 Å².